The van der Waals surface area contributed by atoms with Crippen molar-refractivity contribution in [2.24, 2.45) is 0 Å². The van der Waals surface area contributed by atoms with E-state index in [2.05, 4.69) is 30.5 Å². The summed E-state index contributed by atoms with van der Waals surface area (Å²) in [5.74, 6) is 0.151. The van der Waals surface area contributed by atoms with Gasteiger partial charge in [-0.2, -0.15) is 0 Å². The van der Waals surface area contributed by atoms with Gasteiger partial charge in [-0.25, -0.2) is 19.3 Å². The van der Waals surface area contributed by atoms with Crippen LogP contribution in [0.4, 0.5) is 15.9 Å². The van der Waals surface area contributed by atoms with Crippen molar-refractivity contribution in [2.75, 3.05) is 39.6 Å². The zero-order chi connectivity index (χ0) is 24.8. The summed E-state index contributed by atoms with van der Waals surface area (Å²) in [5.41, 5.74) is 1.02. The lowest BCUT2D eigenvalue weighted by atomic mass is 9.94. The summed E-state index contributed by atoms with van der Waals surface area (Å²) in [7, 11) is 5.66. The van der Waals surface area contributed by atoms with Gasteiger partial charge in [0.05, 0.1) is 11.8 Å². The smallest absolute Gasteiger partial charge is 0.280 e. The number of rotatable bonds is 10. The Morgan fingerprint density at radius 2 is 2.03 bits per heavy atom. The number of anilines is 2. The van der Waals surface area contributed by atoms with Crippen molar-refractivity contribution >= 4 is 39.1 Å². The highest BCUT2D eigenvalue weighted by molar-refractivity contribution is 7.19. The van der Waals surface area contributed by atoms with Crippen LogP contribution in [0, 0.1) is 5.82 Å². The van der Waals surface area contributed by atoms with Crippen molar-refractivity contribution in [2.45, 2.75) is 44.3 Å². The Labute approximate surface area is 208 Å². The molecule has 0 bridgehead atoms. The number of nitrogens with zero attached hydrogens (tertiary/aromatic N) is 4. The topological polar surface area (TPSA) is 102 Å². The number of carbonyl (C=O) groups excluding carboxylic acids is 1. The van der Waals surface area contributed by atoms with E-state index in [9.17, 15) is 9.18 Å². The molecule has 9 nitrogen and oxygen atoms in total. The highest BCUT2D eigenvalue weighted by Gasteiger charge is 2.27. The van der Waals surface area contributed by atoms with Crippen LogP contribution in [0.25, 0.3) is 10.3 Å². The van der Waals surface area contributed by atoms with E-state index in [1.807, 2.05) is 14.1 Å². The fourth-order valence-corrected chi connectivity index (χ4v) is 4.89. The van der Waals surface area contributed by atoms with Crippen LogP contribution < -0.4 is 15.4 Å². The Kier molecular flexibility index (Phi) is 8.42. The van der Waals surface area contributed by atoms with E-state index in [-0.39, 0.29) is 18.1 Å². The van der Waals surface area contributed by atoms with E-state index < -0.39 is 5.82 Å². The minimum atomic E-state index is -0.398. The van der Waals surface area contributed by atoms with Crippen molar-refractivity contribution < 1.29 is 18.7 Å². The normalized spacial score (nSPS) is 18.1. The van der Waals surface area contributed by atoms with Gasteiger partial charge >= 0.3 is 0 Å². The monoisotopic (exact) mass is 502 g/mol. The molecule has 2 atom stereocenters. The maximum absolute atomic E-state index is 14.1. The lowest BCUT2D eigenvalue weighted by Gasteiger charge is -2.31. The molecule has 1 amide bonds. The molecule has 1 fully saturated rings. The van der Waals surface area contributed by atoms with Crippen molar-refractivity contribution in [1.82, 2.24) is 25.2 Å². The van der Waals surface area contributed by atoms with Gasteiger partial charge in [-0.3, -0.25) is 4.79 Å². The number of hydrogen-bond donors (Lipinski definition) is 2. The number of carbonyl (C=O) groups is 1. The van der Waals surface area contributed by atoms with Gasteiger partial charge < -0.3 is 25.0 Å². The summed E-state index contributed by atoms with van der Waals surface area (Å²) in [6, 6.07) is 4.32. The zero-order valence-corrected chi connectivity index (χ0v) is 21.0. The molecule has 188 valence electrons. The summed E-state index contributed by atoms with van der Waals surface area (Å²) >= 11 is 1.20. The summed E-state index contributed by atoms with van der Waals surface area (Å²) in [5, 5.41) is 6.41. The van der Waals surface area contributed by atoms with Crippen LogP contribution in [-0.4, -0.2) is 72.3 Å². The molecule has 0 spiro atoms. The zero-order valence-electron chi connectivity index (χ0n) is 20.2. The molecule has 1 aromatic carbocycles. The third-order valence-corrected chi connectivity index (χ3v) is 6.84. The largest absolute Gasteiger partial charge is 0.485 e. The molecule has 3 aromatic rings. The Balaban J connectivity index is 1.53. The second-order valence-electron chi connectivity index (χ2n) is 8.79. The van der Waals surface area contributed by atoms with Gasteiger partial charge in [-0.1, -0.05) is 17.8 Å². The van der Waals surface area contributed by atoms with Crippen LogP contribution in [0.5, 0.6) is 5.75 Å². The minimum Gasteiger partial charge on any atom is -0.485 e. The average Bonchev–Trinajstić information content (AvgIpc) is 3.29. The fraction of sp³-hybridized carbons (Fsp3) is 0.500. The predicted octanol–water partition coefficient (Wildman–Crippen LogP) is 3.99. The van der Waals surface area contributed by atoms with Crippen molar-refractivity contribution in [3.05, 3.63) is 35.4 Å². The number of benzene rings is 1. The number of halogens is 1. The van der Waals surface area contributed by atoms with Gasteiger partial charge in [0.2, 0.25) is 0 Å². The molecule has 0 saturated heterocycles. The summed E-state index contributed by atoms with van der Waals surface area (Å²) in [6.45, 7) is 1.44. The Bertz CT molecular complexity index is 1160. The van der Waals surface area contributed by atoms with Gasteiger partial charge in [-0.05, 0) is 58.5 Å². The van der Waals surface area contributed by atoms with Crippen LogP contribution in [-0.2, 0) is 4.74 Å². The van der Waals surface area contributed by atoms with Crippen LogP contribution in [0.1, 0.15) is 41.9 Å². The molecular formula is C24H31FN6O3S. The molecule has 1 saturated carbocycles. The van der Waals surface area contributed by atoms with Crippen molar-refractivity contribution in [1.29, 1.82) is 0 Å². The predicted molar refractivity (Wildman–Crippen MR) is 134 cm³/mol. The van der Waals surface area contributed by atoms with Gasteiger partial charge in [0.15, 0.2) is 10.8 Å². The Hall–Kier alpha value is -2.89. The van der Waals surface area contributed by atoms with Gasteiger partial charge in [0.1, 0.15) is 34.3 Å². The van der Waals surface area contributed by atoms with E-state index in [1.165, 1.54) is 29.8 Å². The van der Waals surface area contributed by atoms with Gasteiger partial charge in [0.25, 0.3) is 5.91 Å². The first kappa shape index (κ1) is 25.2. The number of nitrogens with one attached hydrogen (secondary N) is 2. The number of ether oxygens (including phenoxy) is 2. The van der Waals surface area contributed by atoms with E-state index in [4.69, 9.17) is 9.47 Å². The standard InChI is InChI=1S/C24H31FN6O3S/c1-31(2)12-6-11-26-22(32)24-30-20-21(27-14-28-23(20)35-24)29-16-10-9-15(25)13-19(16)34-18-8-5-4-7-17(18)33-3/h9-10,13-14,17-18H,4-8,11-12H2,1-3H3,(H,26,32)(H,27,28,29)/t17?,18-/m1/s1. The van der Waals surface area contributed by atoms with E-state index in [0.717, 1.165) is 38.6 Å². The molecule has 11 heteroatoms. The third kappa shape index (κ3) is 6.41. The average molecular weight is 503 g/mol. The maximum Gasteiger partial charge on any atom is 0.280 e. The number of fused-ring (bicyclic) bond motifs is 1. The van der Waals surface area contributed by atoms with Crippen LogP contribution >= 0.6 is 11.3 Å². The highest BCUT2D eigenvalue weighted by atomic mass is 32.1. The first-order valence-electron chi connectivity index (χ1n) is 11.7. The molecule has 1 unspecified atom stereocenters. The molecule has 2 aromatic heterocycles. The fourth-order valence-electron chi connectivity index (χ4n) is 4.07. The lowest BCUT2D eigenvalue weighted by Crippen LogP contribution is -2.36. The lowest BCUT2D eigenvalue weighted by molar-refractivity contribution is -0.0227. The third-order valence-electron chi connectivity index (χ3n) is 5.88. The molecular weight excluding hydrogens is 471 g/mol. The summed E-state index contributed by atoms with van der Waals surface area (Å²) in [6.07, 6.45) is 5.92. The van der Waals surface area contributed by atoms with Crippen molar-refractivity contribution in [3.63, 3.8) is 0 Å². The Morgan fingerprint density at radius 3 is 2.80 bits per heavy atom. The number of amides is 1. The molecule has 2 heterocycles. The van der Waals surface area contributed by atoms with Gasteiger partial charge in [-0.15, -0.1) is 0 Å². The number of methoxy groups -OCH3 is 1. The molecule has 35 heavy (non-hydrogen) atoms. The van der Waals surface area contributed by atoms with E-state index >= 15 is 0 Å². The summed E-state index contributed by atoms with van der Waals surface area (Å²) in [4.78, 5) is 28.3. The molecule has 0 radical (unpaired) electrons. The van der Waals surface area contributed by atoms with E-state index in [1.54, 1.807) is 13.2 Å². The number of aromatic nitrogens is 3. The molecule has 2 N–H and O–H groups in total. The van der Waals surface area contributed by atoms with Crippen LogP contribution in [0.15, 0.2) is 24.5 Å². The maximum atomic E-state index is 14.1. The van der Waals surface area contributed by atoms with Crippen LogP contribution in [0.3, 0.4) is 0 Å². The van der Waals surface area contributed by atoms with Gasteiger partial charge in [0, 0.05) is 19.7 Å². The molecule has 1 aliphatic carbocycles. The Morgan fingerprint density at radius 1 is 1.23 bits per heavy atom. The number of hydrogen-bond acceptors (Lipinski definition) is 9. The van der Waals surface area contributed by atoms with E-state index in [0.29, 0.717) is 39.2 Å². The molecule has 0 aliphatic heterocycles. The number of thiazole rings is 1. The quantitative estimate of drug-likeness (QED) is 0.402. The second kappa shape index (κ2) is 11.7. The van der Waals surface area contributed by atoms with Crippen molar-refractivity contribution in [3.8, 4) is 5.75 Å². The first-order chi connectivity index (χ1) is 16.9. The van der Waals surface area contributed by atoms with Crippen LogP contribution in [0.2, 0.25) is 0 Å². The first-order valence-corrected chi connectivity index (χ1v) is 12.6. The molecule has 4 rings (SSSR count). The highest BCUT2D eigenvalue weighted by Crippen LogP contribution is 2.34. The SMILES string of the molecule is COC1CCCC[C@H]1Oc1cc(F)ccc1Nc1ncnc2sc(C(=O)NCCCN(C)C)nc12. The molecule has 1 aliphatic rings. The second-order valence-corrected chi connectivity index (χ2v) is 9.77. The summed E-state index contributed by atoms with van der Waals surface area (Å²) < 4.78 is 25.9. The minimum absolute atomic E-state index is 0.0389.